The summed E-state index contributed by atoms with van der Waals surface area (Å²) in [5.41, 5.74) is 13.4. The molecule has 124 valence electrons. The average molecular weight is 324 g/mol. The van der Waals surface area contributed by atoms with Crippen LogP contribution in [0.4, 0.5) is 0 Å². The van der Waals surface area contributed by atoms with Crippen LogP contribution in [0.15, 0.2) is 53.1 Å². The highest BCUT2D eigenvalue weighted by Crippen LogP contribution is 2.29. The van der Waals surface area contributed by atoms with Crippen molar-refractivity contribution in [1.82, 2.24) is 10.1 Å². The number of hydrogen-bond donors (Lipinski definition) is 2. The molecule has 0 fully saturated rings. The molecule has 0 atom stereocenters. The monoisotopic (exact) mass is 324 g/mol. The minimum atomic E-state index is -0.0898. The van der Waals surface area contributed by atoms with E-state index in [9.17, 15) is 4.79 Å². The van der Waals surface area contributed by atoms with Crippen LogP contribution >= 0.6 is 0 Å². The normalized spacial score (nSPS) is 10.9. The van der Waals surface area contributed by atoms with Crippen molar-refractivity contribution in [2.24, 2.45) is 11.5 Å². The van der Waals surface area contributed by atoms with Crippen molar-refractivity contribution in [2.45, 2.75) is 0 Å². The lowest BCUT2D eigenvalue weighted by Crippen LogP contribution is -2.38. The van der Waals surface area contributed by atoms with E-state index in [-0.39, 0.29) is 5.91 Å². The summed E-state index contributed by atoms with van der Waals surface area (Å²) in [5, 5.41) is 4.89. The number of nitrogens with two attached hydrogens (primary N) is 2. The average Bonchev–Trinajstić information content (AvgIpc) is 3.05. The van der Waals surface area contributed by atoms with Crippen molar-refractivity contribution in [3.8, 4) is 11.3 Å². The molecular formula is C18H20N4O2. The lowest BCUT2D eigenvalue weighted by atomic mass is 10.1. The Bertz CT molecular complexity index is 823. The van der Waals surface area contributed by atoms with Crippen molar-refractivity contribution in [3.63, 3.8) is 0 Å². The van der Waals surface area contributed by atoms with E-state index in [4.69, 9.17) is 16.0 Å². The topological polar surface area (TPSA) is 98.4 Å². The predicted molar refractivity (Wildman–Crippen MR) is 93.5 cm³/mol. The molecule has 0 spiro atoms. The molecule has 0 radical (unpaired) electrons. The maximum absolute atomic E-state index is 12.7. The van der Waals surface area contributed by atoms with Gasteiger partial charge in [-0.15, -0.1) is 0 Å². The largest absolute Gasteiger partial charge is 0.355 e. The third kappa shape index (κ3) is 3.15. The predicted octanol–water partition coefficient (Wildman–Crippen LogP) is 1.85. The Kier molecular flexibility index (Phi) is 4.88. The third-order valence-electron chi connectivity index (χ3n) is 3.84. The molecule has 3 aromatic rings. The van der Waals surface area contributed by atoms with Crippen LogP contribution < -0.4 is 11.5 Å². The molecule has 0 aliphatic carbocycles. The van der Waals surface area contributed by atoms with E-state index < -0.39 is 0 Å². The molecule has 4 N–H and O–H groups in total. The summed E-state index contributed by atoms with van der Waals surface area (Å²) in [6, 6.07) is 15.1. The van der Waals surface area contributed by atoms with Crippen LogP contribution in [0.25, 0.3) is 22.2 Å². The van der Waals surface area contributed by atoms with Gasteiger partial charge in [0.25, 0.3) is 5.91 Å². The molecular weight excluding hydrogens is 304 g/mol. The van der Waals surface area contributed by atoms with Crippen LogP contribution in [-0.2, 0) is 0 Å². The molecule has 1 aromatic heterocycles. The van der Waals surface area contributed by atoms with Gasteiger partial charge < -0.3 is 20.9 Å². The molecule has 3 rings (SSSR count). The van der Waals surface area contributed by atoms with Gasteiger partial charge in [-0.25, -0.2) is 0 Å². The molecule has 0 saturated carbocycles. The Hall–Kier alpha value is -2.70. The summed E-state index contributed by atoms with van der Waals surface area (Å²) in [6.07, 6.45) is 0. The molecule has 24 heavy (non-hydrogen) atoms. The minimum Gasteiger partial charge on any atom is -0.355 e. The van der Waals surface area contributed by atoms with Crippen LogP contribution in [0.1, 0.15) is 10.4 Å². The Morgan fingerprint density at radius 1 is 1.04 bits per heavy atom. The first-order valence-electron chi connectivity index (χ1n) is 7.89. The van der Waals surface area contributed by atoms with E-state index >= 15 is 0 Å². The molecule has 2 aromatic carbocycles. The van der Waals surface area contributed by atoms with Gasteiger partial charge in [0.1, 0.15) is 5.52 Å². The number of hydrogen-bond acceptors (Lipinski definition) is 5. The number of fused-ring (bicyclic) bond motifs is 1. The van der Waals surface area contributed by atoms with Gasteiger partial charge in [-0.05, 0) is 18.2 Å². The summed E-state index contributed by atoms with van der Waals surface area (Å²) in [6.45, 7) is 1.75. The van der Waals surface area contributed by atoms with Crippen LogP contribution in [0, 0.1) is 0 Å². The van der Waals surface area contributed by atoms with Gasteiger partial charge in [0.05, 0.1) is 5.39 Å². The summed E-state index contributed by atoms with van der Waals surface area (Å²) >= 11 is 0. The van der Waals surface area contributed by atoms with Gasteiger partial charge in [0.15, 0.2) is 5.76 Å². The van der Waals surface area contributed by atoms with Gasteiger partial charge >= 0.3 is 0 Å². The highest BCUT2D eigenvalue weighted by molar-refractivity contribution is 6.01. The zero-order chi connectivity index (χ0) is 16.9. The maximum atomic E-state index is 12.7. The highest BCUT2D eigenvalue weighted by Gasteiger charge is 2.17. The molecule has 0 aliphatic heterocycles. The number of amides is 1. The van der Waals surface area contributed by atoms with Crippen molar-refractivity contribution in [2.75, 3.05) is 26.2 Å². The van der Waals surface area contributed by atoms with Crippen LogP contribution in [-0.4, -0.2) is 42.1 Å². The Morgan fingerprint density at radius 3 is 2.42 bits per heavy atom. The molecule has 6 heteroatoms. The van der Waals surface area contributed by atoms with Crippen LogP contribution in [0.2, 0.25) is 0 Å². The first-order chi connectivity index (χ1) is 11.7. The number of aromatic nitrogens is 1. The number of carbonyl (C=O) groups is 1. The Labute approximate surface area is 140 Å². The summed E-state index contributed by atoms with van der Waals surface area (Å²) in [4.78, 5) is 14.4. The Balaban J connectivity index is 2.00. The fourth-order valence-corrected chi connectivity index (χ4v) is 2.68. The molecule has 1 heterocycles. The number of carbonyl (C=O) groups excluding carboxylic acids is 1. The van der Waals surface area contributed by atoms with E-state index in [1.165, 1.54) is 0 Å². The minimum absolute atomic E-state index is 0.0898. The van der Waals surface area contributed by atoms with E-state index in [1.54, 1.807) is 17.0 Å². The van der Waals surface area contributed by atoms with Crippen LogP contribution in [0.3, 0.4) is 0 Å². The molecule has 6 nitrogen and oxygen atoms in total. The highest BCUT2D eigenvalue weighted by atomic mass is 16.5. The van der Waals surface area contributed by atoms with E-state index in [1.807, 2.05) is 36.4 Å². The summed E-state index contributed by atoms with van der Waals surface area (Å²) in [7, 11) is 0. The first-order valence-corrected chi connectivity index (χ1v) is 7.89. The fraction of sp³-hybridized carbons (Fsp3) is 0.222. The zero-order valence-electron chi connectivity index (χ0n) is 13.3. The number of nitrogens with zero attached hydrogens (tertiary/aromatic N) is 2. The molecule has 0 bridgehead atoms. The van der Waals surface area contributed by atoms with Gasteiger partial charge in [0, 0.05) is 37.3 Å². The Morgan fingerprint density at radius 2 is 1.75 bits per heavy atom. The van der Waals surface area contributed by atoms with Crippen molar-refractivity contribution in [3.05, 3.63) is 54.1 Å². The second-order valence-electron chi connectivity index (χ2n) is 5.48. The smallest absolute Gasteiger partial charge is 0.253 e. The van der Waals surface area contributed by atoms with Crippen molar-refractivity contribution < 1.29 is 9.32 Å². The summed E-state index contributed by atoms with van der Waals surface area (Å²) < 4.78 is 5.48. The first kappa shape index (κ1) is 16.2. The number of benzene rings is 2. The fourth-order valence-electron chi connectivity index (χ4n) is 2.68. The number of rotatable bonds is 6. The van der Waals surface area contributed by atoms with Crippen molar-refractivity contribution >= 4 is 16.8 Å². The summed E-state index contributed by atoms with van der Waals surface area (Å²) in [5.74, 6) is 0.567. The molecule has 0 saturated heterocycles. The molecule has 1 amide bonds. The standard InChI is InChI=1S/C18H20N4O2/c19-8-10-22(11-9-20)18(23)14-6-7-16-15(12-14)17(24-21-16)13-4-2-1-3-5-13/h1-7,12H,8-11,19-20H2. The molecule has 0 unspecified atom stereocenters. The van der Waals surface area contributed by atoms with Gasteiger partial charge in [-0.3, -0.25) is 4.79 Å². The zero-order valence-corrected chi connectivity index (χ0v) is 13.3. The second-order valence-corrected chi connectivity index (χ2v) is 5.48. The van der Waals surface area contributed by atoms with Gasteiger partial charge in [-0.1, -0.05) is 35.5 Å². The maximum Gasteiger partial charge on any atom is 0.253 e. The van der Waals surface area contributed by atoms with E-state index in [2.05, 4.69) is 5.16 Å². The lowest BCUT2D eigenvalue weighted by Gasteiger charge is -2.21. The van der Waals surface area contributed by atoms with Crippen LogP contribution in [0.5, 0.6) is 0 Å². The SMILES string of the molecule is NCCN(CCN)C(=O)c1ccc2noc(-c3ccccc3)c2c1. The lowest BCUT2D eigenvalue weighted by molar-refractivity contribution is 0.0765. The molecule has 0 aliphatic rings. The van der Waals surface area contributed by atoms with Gasteiger partial charge in [0.2, 0.25) is 0 Å². The van der Waals surface area contributed by atoms with Gasteiger partial charge in [-0.2, -0.15) is 0 Å². The van der Waals surface area contributed by atoms with E-state index in [0.29, 0.717) is 37.5 Å². The van der Waals surface area contributed by atoms with Crippen molar-refractivity contribution in [1.29, 1.82) is 0 Å². The van der Waals surface area contributed by atoms with E-state index in [0.717, 1.165) is 16.5 Å². The second kappa shape index (κ2) is 7.25. The quantitative estimate of drug-likeness (QED) is 0.721. The third-order valence-corrected chi connectivity index (χ3v) is 3.84.